The second kappa shape index (κ2) is 9.25. The van der Waals surface area contributed by atoms with Gasteiger partial charge in [0.25, 0.3) is 11.5 Å². The molecule has 1 amide bonds. The third-order valence-corrected chi connectivity index (χ3v) is 8.34. The van der Waals surface area contributed by atoms with E-state index in [1.54, 1.807) is 23.1 Å². The second-order valence-electron chi connectivity index (χ2n) is 10.9. The molecule has 1 saturated carbocycles. The number of carbonyl (C=O) groups excluding carboxylic acids is 1. The lowest BCUT2D eigenvalue weighted by atomic mass is 9.64. The second-order valence-corrected chi connectivity index (χ2v) is 10.9. The van der Waals surface area contributed by atoms with Crippen molar-refractivity contribution in [3.63, 3.8) is 0 Å². The van der Waals surface area contributed by atoms with Gasteiger partial charge in [-0.15, -0.1) is 0 Å². The van der Waals surface area contributed by atoms with E-state index in [1.165, 1.54) is 17.2 Å². The molecule has 2 heterocycles. The molecule has 1 saturated heterocycles. The number of amides is 1. The molecule has 0 atom stereocenters. The van der Waals surface area contributed by atoms with Crippen LogP contribution in [0.4, 0.5) is 4.39 Å². The molecule has 1 spiro atoms. The Morgan fingerprint density at radius 2 is 1.73 bits per heavy atom. The first-order valence-corrected chi connectivity index (χ1v) is 13.0. The minimum absolute atomic E-state index is 0.106. The normalized spacial score (nSPS) is 17.2. The van der Waals surface area contributed by atoms with Gasteiger partial charge in [-0.3, -0.25) is 9.59 Å². The number of H-pyrrole nitrogens is 1. The van der Waals surface area contributed by atoms with Crippen molar-refractivity contribution < 1.29 is 9.18 Å². The van der Waals surface area contributed by atoms with E-state index in [2.05, 4.69) is 41.4 Å². The number of nitrogens with one attached hydrogen (secondary N) is 1. The summed E-state index contributed by atoms with van der Waals surface area (Å²) in [7, 11) is 0. The maximum atomic E-state index is 14.8. The van der Waals surface area contributed by atoms with Gasteiger partial charge in [-0.05, 0) is 67.9 Å². The summed E-state index contributed by atoms with van der Waals surface area (Å²) in [5.74, 6) is -0.162. The fourth-order valence-electron chi connectivity index (χ4n) is 6.14. The van der Waals surface area contributed by atoms with E-state index in [0.717, 1.165) is 36.6 Å². The Kier molecular flexibility index (Phi) is 5.90. The van der Waals surface area contributed by atoms with Gasteiger partial charge in [0.1, 0.15) is 5.82 Å². The average molecular weight is 496 g/mol. The molecule has 0 radical (unpaired) electrons. The number of fused-ring (bicyclic) bond motifs is 1. The molecule has 3 aromatic carbocycles. The summed E-state index contributed by atoms with van der Waals surface area (Å²) in [5.41, 5.74) is 4.20. The van der Waals surface area contributed by atoms with Gasteiger partial charge in [0, 0.05) is 30.3 Å². The monoisotopic (exact) mass is 495 g/mol. The number of aromatic nitrogens is 2. The van der Waals surface area contributed by atoms with Crippen LogP contribution < -0.4 is 5.56 Å². The summed E-state index contributed by atoms with van der Waals surface area (Å²) in [6, 6.07) is 20.8. The van der Waals surface area contributed by atoms with E-state index in [9.17, 15) is 14.0 Å². The summed E-state index contributed by atoms with van der Waals surface area (Å²) in [6.45, 7) is 3.51. The Bertz CT molecular complexity index is 1530. The van der Waals surface area contributed by atoms with Gasteiger partial charge in [-0.1, -0.05) is 54.1 Å². The van der Waals surface area contributed by atoms with E-state index in [-0.39, 0.29) is 22.4 Å². The molecule has 0 unspecified atom stereocenters. The molecule has 4 aromatic rings. The van der Waals surface area contributed by atoms with Gasteiger partial charge in [0.15, 0.2) is 0 Å². The maximum Gasteiger partial charge on any atom is 0.272 e. The first-order chi connectivity index (χ1) is 17.9. The zero-order valence-corrected chi connectivity index (χ0v) is 21.0. The minimum atomic E-state index is -0.503. The topological polar surface area (TPSA) is 66.1 Å². The summed E-state index contributed by atoms with van der Waals surface area (Å²) in [6.07, 6.45) is 4.86. The van der Waals surface area contributed by atoms with Gasteiger partial charge >= 0.3 is 0 Å². The number of hydrogen-bond donors (Lipinski definition) is 1. The van der Waals surface area contributed by atoms with Crippen LogP contribution in [0.25, 0.3) is 10.8 Å². The Balaban J connectivity index is 1.14. The number of aromatic amines is 1. The van der Waals surface area contributed by atoms with Gasteiger partial charge in [0.2, 0.25) is 0 Å². The smallest absolute Gasteiger partial charge is 0.272 e. The number of rotatable bonds is 4. The molecule has 1 aliphatic heterocycles. The van der Waals surface area contributed by atoms with Crippen LogP contribution in [0.3, 0.4) is 0 Å². The highest BCUT2D eigenvalue weighted by Crippen LogP contribution is 2.48. The van der Waals surface area contributed by atoms with E-state index in [0.29, 0.717) is 36.5 Å². The molecular weight excluding hydrogens is 465 g/mol. The SMILES string of the molecule is Cc1ccc(C2CCC3(CC2)CN(C(=O)c2cc(Cc4n[nH]c(=O)c5ccccc45)ccc2F)C3)cc1. The number of halogens is 1. The fourth-order valence-corrected chi connectivity index (χ4v) is 6.14. The van der Waals surface area contributed by atoms with Gasteiger partial charge < -0.3 is 4.90 Å². The molecule has 6 heteroatoms. The van der Waals surface area contributed by atoms with Crippen molar-refractivity contribution >= 4 is 16.7 Å². The van der Waals surface area contributed by atoms with E-state index < -0.39 is 5.82 Å². The van der Waals surface area contributed by atoms with Crippen LogP contribution >= 0.6 is 0 Å². The molecule has 1 aromatic heterocycles. The average Bonchev–Trinajstić information content (AvgIpc) is 2.90. The Morgan fingerprint density at radius 3 is 2.46 bits per heavy atom. The van der Waals surface area contributed by atoms with Crippen LogP contribution in [-0.4, -0.2) is 34.1 Å². The Hall–Kier alpha value is -3.80. The summed E-state index contributed by atoms with van der Waals surface area (Å²) < 4.78 is 14.8. The van der Waals surface area contributed by atoms with Gasteiger partial charge in [-0.2, -0.15) is 5.10 Å². The minimum Gasteiger partial charge on any atom is -0.337 e. The molecule has 2 fully saturated rings. The maximum absolute atomic E-state index is 14.8. The predicted octanol–water partition coefficient (Wildman–Crippen LogP) is 5.76. The van der Waals surface area contributed by atoms with Crippen LogP contribution in [0.1, 0.15) is 64.3 Å². The van der Waals surface area contributed by atoms with Crippen molar-refractivity contribution in [3.05, 3.63) is 111 Å². The highest BCUT2D eigenvalue weighted by atomic mass is 19.1. The first-order valence-electron chi connectivity index (χ1n) is 13.0. The van der Waals surface area contributed by atoms with Gasteiger partial charge in [-0.25, -0.2) is 9.49 Å². The summed E-state index contributed by atoms with van der Waals surface area (Å²) >= 11 is 0. The molecule has 188 valence electrons. The molecule has 1 N–H and O–H groups in total. The number of benzene rings is 3. The number of nitrogens with zero attached hydrogens (tertiary/aromatic N) is 2. The predicted molar refractivity (Wildman–Crippen MR) is 142 cm³/mol. The number of carbonyl (C=O) groups is 1. The van der Waals surface area contributed by atoms with Crippen molar-refractivity contribution in [2.24, 2.45) is 5.41 Å². The van der Waals surface area contributed by atoms with Crippen molar-refractivity contribution in [3.8, 4) is 0 Å². The first kappa shape index (κ1) is 23.6. The lowest BCUT2D eigenvalue weighted by Gasteiger charge is -2.53. The quantitative estimate of drug-likeness (QED) is 0.391. The van der Waals surface area contributed by atoms with E-state index in [4.69, 9.17) is 0 Å². The third kappa shape index (κ3) is 4.45. The van der Waals surface area contributed by atoms with Crippen molar-refractivity contribution in [1.82, 2.24) is 15.1 Å². The lowest BCUT2D eigenvalue weighted by molar-refractivity contribution is -0.0188. The largest absolute Gasteiger partial charge is 0.337 e. The van der Waals surface area contributed by atoms with Crippen molar-refractivity contribution in [1.29, 1.82) is 0 Å². The molecule has 37 heavy (non-hydrogen) atoms. The molecule has 6 rings (SSSR count). The number of likely N-dealkylation sites (tertiary alicyclic amines) is 1. The van der Waals surface area contributed by atoms with Crippen molar-refractivity contribution in [2.45, 2.75) is 44.9 Å². The molecular formula is C31H30FN3O2. The van der Waals surface area contributed by atoms with Crippen molar-refractivity contribution in [2.75, 3.05) is 13.1 Å². The van der Waals surface area contributed by atoms with E-state index >= 15 is 0 Å². The number of aryl methyl sites for hydroxylation is 1. The zero-order chi connectivity index (χ0) is 25.6. The standard InChI is InChI=1S/C31H30FN3O2/c1-20-6-9-22(10-7-20)23-12-14-31(15-13-23)18-35(19-31)30(37)26-16-21(8-11-27(26)32)17-28-24-4-2-3-5-25(24)29(36)34-33-28/h2-11,16,23H,12-15,17-19H2,1H3,(H,34,36). The summed E-state index contributed by atoms with van der Waals surface area (Å²) in [4.78, 5) is 27.2. The van der Waals surface area contributed by atoms with Crippen LogP contribution in [0.2, 0.25) is 0 Å². The van der Waals surface area contributed by atoms with Gasteiger partial charge in [0.05, 0.1) is 16.6 Å². The van der Waals surface area contributed by atoms with Crippen LogP contribution in [0.5, 0.6) is 0 Å². The number of hydrogen-bond acceptors (Lipinski definition) is 3. The lowest BCUT2D eigenvalue weighted by Crippen LogP contribution is -2.59. The summed E-state index contributed by atoms with van der Waals surface area (Å²) in [5, 5.41) is 8.09. The zero-order valence-electron chi connectivity index (χ0n) is 21.0. The molecule has 1 aliphatic carbocycles. The van der Waals surface area contributed by atoms with Crippen LogP contribution in [-0.2, 0) is 6.42 Å². The third-order valence-electron chi connectivity index (χ3n) is 8.34. The molecule has 0 bridgehead atoms. The molecule has 5 nitrogen and oxygen atoms in total. The van der Waals surface area contributed by atoms with Crippen LogP contribution in [0, 0.1) is 18.2 Å². The highest BCUT2D eigenvalue weighted by Gasteiger charge is 2.47. The van der Waals surface area contributed by atoms with E-state index in [1.807, 2.05) is 18.2 Å². The molecule has 2 aliphatic rings. The highest BCUT2D eigenvalue weighted by molar-refractivity contribution is 5.95. The van der Waals surface area contributed by atoms with Crippen LogP contribution in [0.15, 0.2) is 71.5 Å². The fraction of sp³-hybridized carbons (Fsp3) is 0.323. The Morgan fingerprint density at radius 1 is 1.03 bits per heavy atom. The Labute approximate surface area is 215 Å².